The first-order valence-electron chi connectivity index (χ1n) is 8.07. The highest BCUT2D eigenvalue weighted by Crippen LogP contribution is 2.21. The van der Waals surface area contributed by atoms with Gasteiger partial charge in [0.15, 0.2) is 0 Å². The van der Waals surface area contributed by atoms with E-state index in [2.05, 4.69) is 25.3 Å². The van der Waals surface area contributed by atoms with Crippen molar-refractivity contribution in [2.24, 2.45) is 11.5 Å². The summed E-state index contributed by atoms with van der Waals surface area (Å²) in [6.45, 7) is 1.16. The molecule has 0 fully saturated rings. The van der Waals surface area contributed by atoms with Gasteiger partial charge in [0.1, 0.15) is 11.5 Å². The van der Waals surface area contributed by atoms with E-state index in [1.165, 1.54) is 0 Å². The molecular weight excluding hydrogens is 328 g/mol. The molecule has 0 radical (unpaired) electrons. The van der Waals surface area contributed by atoms with Gasteiger partial charge in [-0.05, 0) is 49.1 Å². The average molecular weight is 357 g/mol. The number of ether oxygens (including phenoxy) is 1. The summed E-state index contributed by atoms with van der Waals surface area (Å²) >= 11 is 8.61. The molecule has 6 heteroatoms. The van der Waals surface area contributed by atoms with Gasteiger partial charge in [-0.25, -0.2) is 0 Å². The molecule has 0 aliphatic heterocycles. The van der Waals surface area contributed by atoms with E-state index in [-0.39, 0.29) is 11.8 Å². The van der Waals surface area contributed by atoms with Gasteiger partial charge in [0.05, 0.1) is 12.6 Å². The van der Waals surface area contributed by atoms with Gasteiger partial charge >= 0.3 is 0 Å². The summed E-state index contributed by atoms with van der Waals surface area (Å²) in [6, 6.07) is 5.55. The van der Waals surface area contributed by atoms with Gasteiger partial charge in [0.2, 0.25) is 0 Å². The maximum atomic E-state index is 11.9. The molecular formula is C17H28N2O2S2. The van der Waals surface area contributed by atoms with Gasteiger partial charge < -0.3 is 16.2 Å². The number of carbonyl (C=O) groups is 1. The number of hydrogen-bond donors (Lipinski definition) is 4. The molecule has 4 nitrogen and oxygen atoms in total. The third kappa shape index (κ3) is 7.61. The van der Waals surface area contributed by atoms with Gasteiger partial charge in [-0.2, -0.15) is 25.3 Å². The Morgan fingerprint density at radius 2 is 1.87 bits per heavy atom. The Morgan fingerprint density at radius 1 is 1.13 bits per heavy atom. The number of Topliss-reactive ketones (excluding diaryl/α,β-unsaturated/α-hetero) is 1. The molecule has 0 aliphatic rings. The molecule has 1 aromatic rings. The van der Waals surface area contributed by atoms with E-state index in [0.717, 1.165) is 29.7 Å². The second kappa shape index (κ2) is 11.8. The van der Waals surface area contributed by atoms with Crippen LogP contribution in [-0.4, -0.2) is 25.0 Å². The zero-order valence-electron chi connectivity index (χ0n) is 13.5. The zero-order valence-corrected chi connectivity index (χ0v) is 15.3. The minimum absolute atomic E-state index is 0.104. The van der Waals surface area contributed by atoms with Crippen molar-refractivity contribution in [3.63, 3.8) is 0 Å². The lowest BCUT2D eigenvalue weighted by atomic mass is 10.0. The molecule has 0 aliphatic carbocycles. The van der Waals surface area contributed by atoms with Crippen LogP contribution in [0.5, 0.6) is 5.75 Å². The van der Waals surface area contributed by atoms with Crippen molar-refractivity contribution < 1.29 is 9.53 Å². The fourth-order valence-electron chi connectivity index (χ4n) is 2.28. The van der Waals surface area contributed by atoms with Gasteiger partial charge in [-0.15, -0.1) is 0 Å². The Labute approximate surface area is 150 Å². The molecule has 1 atom stereocenters. The second-order valence-corrected chi connectivity index (χ2v) is 6.19. The van der Waals surface area contributed by atoms with Crippen molar-refractivity contribution in [3.8, 4) is 5.75 Å². The standard InChI is InChI=1S/C17H28N2O2S2/c18-8-2-1-4-16(19)17(20)5-3-9-21-15-7-6-13(11-22)14(10-15)12-23/h6-7,10,16,22-23H,1-5,8-9,11-12,18-19H2/t16-/m0/s1. The molecule has 130 valence electrons. The average Bonchev–Trinajstić information content (AvgIpc) is 2.58. The summed E-state index contributed by atoms with van der Waals surface area (Å²) in [4.78, 5) is 11.9. The molecule has 0 saturated carbocycles. The topological polar surface area (TPSA) is 78.3 Å². The monoisotopic (exact) mass is 356 g/mol. The molecule has 0 heterocycles. The summed E-state index contributed by atoms with van der Waals surface area (Å²) in [6.07, 6.45) is 3.67. The molecule has 0 aromatic heterocycles. The van der Waals surface area contributed by atoms with Crippen molar-refractivity contribution in [3.05, 3.63) is 29.3 Å². The van der Waals surface area contributed by atoms with Crippen molar-refractivity contribution in [2.45, 2.75) is 49.7 Å². The number of carbonyl (C=O) groups excluding carboxylic acids is 1. The van der Waals surface area contributed by atoms with Gasteiger partial charge in [-0.1, -0.05) is 12.5 Å². The van der Waals surface area contributed by atoms with E-state index in [1.807, 2.05) is 18.2 Å². The molecule has 0 unspecified atom stereocenters. The van der Waals surface area contributed by atoms with Gasteiger partial charge in [0, 0.05) is 17.9 Å². The summed E-state index contributed by atoms with van der Waals surface area (Å²) < 4.78 is 5.71. The number of ketones is 1. The van der Waals surface area contributed by atoms with Crippen LogP contribution in [0.4, 0.5) is 0 Å². The predicted molar refractivity (Wildman–Crippen MR) is 102 cm³/mol. The van der Waals surface area contributed by atoms with Crippen molar-refractivity contribution >= 4 is 31.0 Å². The summed E-state index contributed by atoms with van der Waals surface area (Å²) in [5.74, 6) is 2.25. The first-order valence-corrected chi connectivity index (χ1v) is 9.33. The number of benzene rings is 1. The van der Waals surface area contributed by atoms with Crippen LogP contribution in [0.3, 0.4) is 0 Å². The SMILES string of the molecule is NCCCC[C@H](N)C(=O)CCCOc1ccc(CS)c(CS)c1. The second-order valence-electron chi connectivity index (χ2n) is 5.56. The van der Waals surface area contributed by atoms with E-state index in [0.29, 0.717) is 43.9 Å². The smallest absolute Gasteiger partial charge is 0.149 e. The van der Waals surface area contributed by atoms with E-state index < -0.39 is 0 Å². The third-order valence-corrected chi connectivity index (χ3v) is 4.42. The van der Waals surface area contributed by atoms with Gasteiger partial charge in [-0.3, -0.25) is 4.79 Å². The van der Waals surface area contributed by atoms with Crippen molar-refractivity contribution in [2.75, 3.05) is 13.2 Å². The fourth-order valence-corrected chi connectivity index (χ4v) is 2.89. The zero-order chi connectivity index (χ0) is 17.1. The summed E-state index contributed by atoms with van der Waals surface area (Å²) in [7, 11) is 0. The Balaban J connectivity index is 2.30. The molecule has 0 amide bonds. The van der Waals surface area contributed by atoms with Crippen LogP contribution >= 0.6 is 25.3 Å². The fraction of sp³-hybridized carbons (Fsp3) is 0.588. The summed E-state index contributed by atoms with van der Waals surface area (Å²) in [5.41, 5.74) is 13.6. The minimum Gasteiger partial charge on any atom is -0.494 e. The highest BCUT2D eigenvalue weighted by molar-refractivity contribution is 7.79. The lowest BCUT2D eigenvalue weighted by Gasteiger charge is -2.12. The maximum Gasteiger partial charge on any atom is 0.149 e. The van der Waals surface area contributed by atoms with E-state index in [1.54, 1.807) is 0 Å². The largest absolute Gasteiger partial charge is 0.494 e. The lowest BCUT2D eigenvalue weighted by Crippen LogP contribution is -2.30. The Bertz CT molecular complexity index is 484. The number of thiol groups is 2. The highest BCUT2D eigenvalue weighted by atomic mass is 32.1. The van der Waals surface area contributed by atoms with E-state index in [9.17, 15) is 4.79 Å². The van der Waals surface area contributed by atoms with Crippen LogP contribution in [0, 0.1) is 0 Å². The molecule has 4 N–H and O–H groups in total. The number of unbranched alkanes of at least 4 members (excludes halogenated alkanes) is 1. The Morgan fingerprint density at radius 3 is 2.52 bits per heavy atom. The molecule has 0 saturated heterocycles. The normalized spacial score (nSPS) is 12.2. The third-order valence-electron chi connectivity index (χ3n) is 3.74. The molecule has 23 heavy (non-hydrogen) atoms. The minimum atomic E-state index is -0.369. The van der Waals surface area contributed by atoms with Crippen LogP contribution in [0.15, 0.2) is 18.2 Å². The van der Waals surface area contributed by atoms with Gasteiger partial charge in [0.25, 0.3) is 0 Å². The molecule has 1 aromatic carbocycles. The van der Waals surface area contributed by atoms with Crippen LogP contribution in [0.25, 0.3) is 0 Å². The summed E-state index contributed by atoms with van der Waals surface area (Å²) in [5, 5.41) is 0. The molecule has 1 rings (SSSR count). The lowest BCUT2D eigenvalue weighted by molar-refractivity contribution is -0.120. The number of nitrogens with two attached hydrogens (primary N) is 2. The highest BCUT2D eigenvalue weighted by Gasteiger charge is 2.12. The van der Waals surface area contributed by atoms with Crippen LogP contribution in [0.1, 0.15) is 43.2 Å². The number of rotatable bonds is 12. The van der Waals surface area contributed by atoms with Crippen LogP contribution in [-0.2, 0) is 16.3 Å². The predicted octanol–water partition coefficient (Wildman–Crippen LogP) is 2.73. The first kappa shape index (κ1) is 20.4. The molecule has 0 bridgehead atoms. The van der Waals surface area contributed by atoms with E-state index >= 15 is 0 Å². The Kier molecular flexibility index (Phi) is 10.4. The van der Waals surface area contributed by atoms with Crippen molar-refractivity contribution in [1.29, 1.82) is 0 Å². The van der Waals surface area contributed by atoms with E-state index in [4.69, 9.17) is 16.2 Å². The maximum absolute atomic E-state index is 11.9. The quantitative estimate of drug-likeness (QED) is 0.343. The van der Waals surface area contributed by atoms with Crippen LogP contribution < -0.4 is 16.2 Å². The number of hydrogen-bond acceptors (Lipinski definition) is 6. The Hall–Kier alpha value is -0.690. The molecule has 0 spiro atoms. The van der Waals surface area contributed by atoms with Crippen molar-refractivity contribution in [1.82, 2.24) is 0 Å². The first-order chi connectivity index (χ1) is 11.1. The van der Waals surface area contributed by atoms with Crippen LogP contribution in [0.2, 0.25) is 0 Å².